The molecule has 0 fully saturated rings. The van der Waals surface area contributed by atoms with E-state index in [9.17, 15) is 9.59 Å². The van der Waals surface area contributed by atoms with E-state index in [1.165, 1.54) is 11.1 Å². The van der Waals surface area contributed by atoms with E-state index < -0.39 is 0 Å². The second-order valence-corrected chi connectivity index (χ2v) is 8.18. The van der Waals surface area contributed by atoms with Gasteiger partial charge in [0, 0.05) is 11.4 Å². The molecule has 2 unspecified atom stereocenters. The van der Waals surface area contributed by atoms with Crippen molar-refractivity contribution in [3.05, 3.63) is 89.2 Å². The number of nitrogens with one attached hydrogen (secondary N) is 2. The van der Waals surface area contributed by atoms with Gasteiger partial charge in [-0.3, -0.25) is 9.59 Å². The molecule has 5 heteroatoms. The number of nitrogens with zero attached hydrogens (tertiary/aromatic N) is 1. The van der Waals surface area contributed by atoms with Crippen LogP contribution in [0, 0.1) is 0 Å². The fourth-order valence-electron chi connectivity index (χ4n) is 3.34. The van der Waals surface area contributed by atoms with Crippen LogP contribution in [0.25, 0.3) is 0 Å². The summed E-state index contributed by atoms with van der Waals surface area (Å²) in [7, 11) is 0. The minimum absolute atomic E-state index is 0.191. The van der Waals surface area contributed by atoms with Crippen molar-refractivity contribution in [2.45, 2.75) is 52.4 Å². The minimum atomic E-state index is -0.353. The van der Waals surface area contributed by atoms with Crippen LogP contribution in [0.2, 0.25) is 0 Å². The number of carbonyl (C=O) groups excluding carboxylic acids is 2. The molecule has 166 valence electrons. The van der Waals surface area contributed by atoms with Crippen LogP contribution in [0.3, 0.4) is 0 Å². The highest BCUT2D eigenvalue weighted by Gasteiger charge is 2.14. The fourth-order valence-corrected chi connectivity index (χ4v) is 3.34. The molecule has 1 heterocycles. The van der Waals surface area contributed by atoms with Gasteiger partial charge in [0.1, 0.15) is 11.4 Å². The monoisotopic (exact) mass is 429 g/mol. The average Bonchev–Trinajstić information content (AvgIpc) is 2.84. The van der Waals surface area contributed by atoms with Gasteiger partial charge in [-0.25, -0.2) is 4.98 Å². The lowest BCUT2D eigenvalue weighted by Gasteiger charge is -2.11. The lowest BCUT2D eigenvalue weighted by atomic mass is 9.98. The first-order valence-corrected chi connectivity index (χ1v) is 11.2. The number of hydrogen-bond acceptors (Lipinski definition) is 3. The summed E-state index contributed by atoms with van der Waals surface area (Å²) in [4.78, 5) is 29.6. The number of hydrogen-bond donors (Lipinski definition) is 2. The maximum atomic E-state index is 12.6. The molecule has 2 N–H and O–H groups in total. The average molecular weight is 430 g/mol. The molecule has 2 amide bonds. The second-order valence-electron chi connectivity index (χ2n) is 8.18. The van der Waals surface area contributed by atoms with Gasteiger partial charge in [-0.2, -0.15) is 0 Å². The summed E-state index contributed by atoms with van der Waals surface area (Å²) in [5.74, 6) is 0.244. The summed E-state index contributed by atoms with van der Waals surface area (Å²) >= 11 is 0. The number of amides is 2. The van der Waals surface area contributed by atoms with Crippen LogP contribution in [-0.2, 0) is 0 Å². The Balaban J connectivity index is 1.66. The number of benzene rings is 2. The Labute approximate surface area is 190 Å². The molecule has 0 aliphatic rings. The highest BCUT2D eigenvalue weighted by Crippen LogP contribution is 2.22. The predicted molar refractivity (Wildman–Crippen MR) is 130 cm³/mol. The van der Waals surface area contributed by atoms with Gasteiger partial charge in [0.05, 0.1) is 0 Å². The highest BCUT2D eigenvalue weighted by molar-refractivity contribution is 6.06. The van der Waals surface area contributed by atoms with Crippen molar-refractivity contribution in [2.24, 2.45) is 0 Å². The van der Waals surface area contributed by atoms with Crippen molar-refractivity contribution in [2.75, 3.05) is 10.6 Å². The smallest absolute Gasteiger partial charge is 0.274 e. The van der Waals surface area contributed by atoms with Crippen LogP contribution in [0.5, 0.6) is 0 Å². The summed E-state index contributed by atoms with van der Waals surface area (Å²) in [6.07, 6.45) is 2.12. The summed E-state index contributed by atoms with van der Waals surface area (Å²) < 4.78 is 0. The first-order valence-electron chi connectivity index (χ1n) is 11.2. The van der Waals surface area contributed by atoms with E-state index in [4.69, 9.17) is 0 Å². The lowest BCUT2D eigenvalue weighted by molar-refractivity contribution is 0.101. The number of carbonyl (C=O) groups is 2. The van der Waals surface area contributed by atoms with E-state index in [0.717, 1.165) is 12.8 Å². The van der Waals surface area contributed by atoms with Crippen molar-refractivity contribution in [1.82, 2.24) is 4.98 Å². The number of pyridine rings is 1. The molecule has 0 spiro atoms. The Morgan fingerprint density at radius 1 is 0.688 bits per heavy atom. The van der Waals surface area contributed by atoms with Crippen molar-refractivity contribution >= 4 is 23.2 Å². The predicted octanol–water partition coefficient (Wildman–Crippen LogP) is 6.61. The summed E-state index contributed by atoms with van der Waals surface area (Å²) in [6.45, 7) is 8.65. The molecular formula is C27H31N3O2. The van der Waals surface area contributed by atoms with Gasteiger partial charge in [0.15, 0.2) is 0 Å². The van der Waals surface area contributed by atoms with Gasteiger partial charge < -0.3 is 10.6 Å². The van der Waals surface area contributed by atoms with Crippen LogP contribution >= 0.6 is 0 Å². The minimum Gasteiger partial charge on any atom is -0.321 e. The third kappa shape index (κ3) is 5.82. The third-order valence-electron chi connectivity index (χ3n) is 5.91. The normalized spacial score (nSPS) is 12.6. The van der Waals surface area contributed by atoms with E-state index in [-0.39, 0.29) is 23.2 Å². The fraction of sp³-hybridized carbons (Fsp3) is 0.296. The molecule has 0 bridgehead atoms. The summed E-state index contributed by atoms with van der Waals surface area (Å²) in [5.41, 5.74) is 4.24. The Hall–Kier alpha value is -3.47. The zero-order chi connectivity index (χ0) is 23.1. The first kappa shape index (κ1) is 23.2. The molecule has 0 aliphatic heterocycles. The quantitative estimate of drug-likeness (QED) is 0.423. The SMILES string of the molecule is CCC(C)c1ccc(NC(=O)c2cccc(C(=O)Nc3ccc(C(C)CC)cc3)n2)cc1. The Kier molecular flexibility index (Phi) is 7.77. The Bertz CT molecular complexity index is 976. The van der Waals surface area contributed by atoms with Crippen LogP contribution < -0.4 is 10.6 Å². The van der Waals surface area contributed by atoms with Crippen molar-refractivity contribution in [1.29, 1.82) is 0 Å². The van der Waals surface area contributed by atoms with Gasteiger partial charge in [0.25, 0.3) is 11.8 Å². The van der Waals surface area contributed by atoms with Crippen LogP contribution in [0.4, 0.5) is 11.4 Å². The van der Waals surface area contributed by atoms with E-state index in [1.54, 1.807) is 18.2 Å². The van der Waals surface area contributed by atoms with E-state index >= 15 is 0 Å². The molecule has 1 aromatic heterocycles. The number of aromatic nitrogens is 1. The van der Waals surface area contributed by atoms with Crippen LogP contribution in [0.1, 0.15) is 84.5 Å². The van der Waals surface area contributed by atoms with Crippen molar-refractivity contribution in [3.8, 4) is 0 Å². The molecule has 5 nitrogen and oxygen atoms in total. The largest absolute Gasteiger partial charge is 0.321 e. The topological polar surface area (TPSA) is 71.1 Å². The van der Waals surface area contributed by atoms with Gasteiger partial charge in [-0.05, 0) is 72.2 Å². The molecule has 2 aromatic carbocycles. The zero-order valence-electron chi connectivity index (χ0n) is 19.2. The molecule has 0 aliphatic carbocycles. The van der Waals surface area contributed by atoms with Gasteiger partial charge in [-0.1, -0.05) is 58.0 Å². The van der Waals surface area contributed by atoms with Gasteiger partial charge in [0.2, 0.25) is 0 Å². The molecule has 2 atom stereocenters. The molecule has 0 saturated heterocycles. The van der Waals surface area contributed by atoms with Crippen molar-refractivity contribution in [3.63, 3.8) is 0 Å². The standard InChI is InChI=1S/C27H31N3O2/c1-5-18(3)20-10-14-22(15-11-20)28-26(31)24-8-7-9-25(30-24)27(32)29-23-16-12-21(13-17-23)19(4)6-2/h7-19H,5-6H2,1-4H3,(H,28,31)(H,29,32). The molecule has 0 radical (unpaired) electrons. The lowest BCUT2D eigenvalue weighted by Crippen LogP contribution is -2.18. The summed E-state index contributed by atoms with van der Waals surface area (Å²) in [6, 6.07) is 20.5. The highest BCUT2D eigenvalue weighted by atomic mass is 16.2. The maximum absolute atomic E-state index is 12.6. The van der Waals surface area contributed by atoms with Crippen LogP contribution in [-0.4, -0.2) is 16.8 Å². The second kappa shape index (κ2) is 10.7. The van der Waals surface area contributed by atoms with E-state index in [2.05, 4.69) is 43.3 Å². The molecular weight excluding hydrogens is 398 g/mol. The third-order valence-corrected chi connectivity index (χ3v) is 5.91. The van der Waals surface area contributed by atoms with E-state index in [1.807, 2.05) is 48.5 Å². The number of anilines is 2. The Morgan fingerprint density at radius 2 is 1.06 bits per heavy atom. The molecule has 0 saturated carbocycles. The zero-order valence-corrected chi connectivity index (χ0v) is 19.2. The van der Waals surface area contributed by atoms with Crippen LogP contribution in [0.15, 0.2) is 66.7 Å². The van der Waals surface area contributed by atoms with E-state index in [0.29, 0.717) is 23.2 Å². The van der Waals surface area contributed by atoms with Gasteiger partial charge >= 0.3 is 0 Å². The van der Waals surface area contributed by atoms with Crippen molar-refractivity contribution < 1.29 is 9.59 Å². The molecule has 32 heavy (non-hydrogen) atoms. The first-order chi connectivity index (χ1) is 15.4. The summed E-state index contributed by atoms with van der Waals surface area (Å²) in [5, 5.41) is 5.69. The molecule has 3 rings (SSSR count). The molecule has 3 aromatic rings. The van der Waals surface area contributed by atoms with Gasteiger partial charge in [-0.15, -0.1) is 0 Å². The Morgan fingerprint density at radius 3 is 1.41 bits per heavy atom. The maximum Gasteiger partial charge on any atom is 0.274 e. The number of rotatable bonds is 8.